The summed E-state index contributed by atoms with van der Waals surface area (Å²) < 4.78 is 0. The summed E-state index contributed by atoms with van der Waals surface area (Å²) in [5, 5.41) is 9.38. The average molecular weight is 232 g/mol. The molecule has 2 atom stereocenters. The Balaban J connectivity index is 2.23. The van der Waals surface area contributed by atoms with Gasteiger partial charge in [0.15, 0.2) is 0 Å². The van der Waals surface area contributed by atoms with Gasteiger partial charge < -0.3 is 5.11 Å². The highest BCUT2D eigenvalue weighted by Crippen LogP contribution is 2.49. The average Bonchev–Trinajstić information content (AvgIpc) is 2.83. The standard InChI is InChI=1S/C9H7Cl2NO2/c10-7-2-1-4(8(11)12-7)5-3-6(5)9(13)14/h1-2,5-6H,3H2,(H,13,14). The van der Waals surface area contributed by atoms with Crippen molar-refractivity contribution >= 4 is 29.2 Å². The summed E-state index contributed by atoms with van der Waals surface area (Å²) >= 11 is 11.5. The maximum absolute atomic E-state index is 10.6. The lowest BCUT2D eigenvalue weighted by molar-refractivity contribution is -0.138. The Morgan fingerprint density at radius 2 is 2.21 bits per heavy atom. The highest BCUT2D eigenvalue weighted by molar-refractivity contribution is 6.32. The second-order valence-electron chi connectivity index (χ2n) is 3.30. The predicted octanol–water partition coefficient (Wildman–Crippen LogP) is 2.58. The third-order valence-electron chi connectivity index (χ3n) is 2.35. The molecule has 1 aliphatic carbocycles. The van der Waals surface area contributed by atoms with Crippen LogP contribution in [0.4, 0.5) is 0 Å². The second kappa shape index (κ2) is 3.41. The van der Waals surface area contributed by atoms with Crippen molar-refractivity contribution < 1.29 is 9.90 Å². The van der Waals surface area contributed by atoms with Crippen LogP contribution in [-0.2, 0) is 4.79 Å². The molecule has 0 bridgehead atoms. The van der Waals surface area contributed by atoms with Crippen LogP contribution >= 0.6 is 23.2 Å². The first-order chi connectivity index (χ1) is 6.59. The number of hydrogen-bond acceptors (Lipinski definition) is 2. The molecule has 74 valence electrons. The number of carbonyl (C=O) groups is 1. The fourth-order valence-corrected chi connectivity index (χ4v) is 2.00. The van der Waals surface area contributed by atoms with Crippen molar-refractivity contribution in [3.05, 3.63) is 28.0 Å². The highest BCUT2D eigenvalue weighted by Gasteiger charge is 2.45. The molecule has 0 spiro atoms. The minimum Gasteiger partial charge on any atom is -0.481 e. The van der Waals surface area contributed by atoms with Crippen LogP contribution in [0, 0.1) is 5.92 Å². The van der Waals surface area contributed by atoms with Gasteiger partial charge in [-0.25, -0.2) is 4.98 Å². The van der Waals surface area contributed by atoms with E-state index >= 15 is 0 Å². The maximum atomic E-state index is 10.6. The minimum absolute atomic E-state index is 0.00441. The van der Waals surface area contributed by atoms with Crippen molar-refractivity contribution in [1.82, 2.24) is 4.98 Å². The van der Waals surface area contributed by atoms with E-state index < -0.39 is 5.97 Å². The zero-order valence-electron chi connectivity index (χ0n) is 7.08. The van der Waals surface area contributed by atoms with Crippen LogP contribution in [0.15, 0.2) is 12.1 Å². The van der Waals surface area contributed by atoms with Crippen LogP contribution < -0.4 is 0 Å². The van der Waals surface area contributed by atoms with E-state index in [-0.39, 0.29) is 11.8 Å². The normalized spacial score (nSPS) is 24.7. The number of aromatic nitrogens is 1. The zero-order valence-corrected chi connectivity index (χ0v) is 8.59. The van der Waals surface area contributed by atoms with E-state index in [0.717, 1.165) is 5.56 Å². The lowest BCUT2D eigenvalue weighted by Gasteiger charge is -2.01. The monoisotopic (exact) mass is 231 g/mol. The third kappa shape index (κ3) is 1.70. The van der Waals surface area contributed by atoms with Crippen molar-refractivity contribution in [2.45, 2.75) is 12.3 Å². The van der Waals surface area contributed by atoms with E-state index in [1.807, 2.05) is 0 Å². The summed E-state index contributed by atoms with van der Waals surface area (Å²) in [5.41, 5.74) is 0.781. The topological polar surface area (TPSA) is 50.2 Å². The Labute approximate surface area is 90.7 Å². The van der Waals surface area contributed by atoms with Gasteiger partial charge in [0.05, 0.1) is 5.92 Å². The highest BCUT2D eigenvalue weighted by atomic mass is 35.5. The number of carboxylic acids is 1. The van der Waals surface area contributed by atoms with Gasteiger partial charge in [0.2, 0.25) is 0 Å². The number of aliphatic carboxylic acids is 1. The molecule has 3 nitrogen and oxygen atoms in total. The van der Waals surface area contributed by atoms with E-state index in [1.165, 1.54) is 0 Å². The number of rotatable bonds is 2. The first-order valence-electron chi connectivity index (χ1n) is 4.14. The number of halogens is 2. The van der Waals surface area contributed by atoms with E-state index in [2.05, 4.69) is 4.98 Å². The van der Waals surface area contributed by atoms with E-state index in [4.69, 9.17) is 28.3 Å². The minimum atomic E-state index is -0.777. The summed E-state index contributed by atoms with van der Waals surface area (Å²) in [5.74, 6) is -1.08. The third-order valence-corrected chi connectivity index (χ3v) is 2.86. The van der Waals surface area contributed by atoms with Gasteiger partial charge in [0.1, 0.15) is 10.3 Å². The molecule has 2 unspecified atom stereocenters. The molecule has 0 saturated heterocycles. The first-order valence-corrected chi connectivity index (χ1v) is 4.90. The van der Waals surface area contributed by atoms with Gasteiger partial charge in [-0.2, -0.15) is 0 Å². The smallest absolute Gasteiger partial charge is 0.307 e. The molecule has 1 heterocycles. The molecule has 2 rings (SSSR count). The fraction of sp³-hybridized carbons (Fsp3) is 0.333. The molecule has 0 aliphatic heterocycles. The van der Waals surface area contributed by atoms with Crippen LogP contribution in [0.25, 0.3) is 0 Å². The van der Waals surface area contributed by atoms with Gasteiger partial charge in [-0.05, 0) is 18.1 Å². The van der Waals surface area contributed by atoms with Gasteiger partial charge >= 0.3 is 5.97 Å². The Morgan fingerprint density at radius 3 is 2.71 bits per heavy atom. The number of nitrogens with zero attached hydrogens (tertiary/aromatic N) is 1. The molecule has 14 heavy (non-hydrogen) atoms. The second-order valence-corrected chi connectivity index (χ2v) is 4.05. The van der Waals surface area contributed by atoms with Crippen LogP contribution in [0.3, 0.4) is 0 Å². The molecule has 0 radical (unpaired) electrons. The SMILES string of the molecule is O=C(O)C1CC1c1ccc(Cl)nc1Cl. The van der Waals surface area contributed by atoms with Gasteiger partial charge in [-0.1, -0.05) is 29.3 Å². The van der Waals surface area contributed by atoms with Crippen molar-refractivity contribution in [1.29, 1.82) is 0 Å². The Morgan fingerprint density at radius 1 is 1.50 bits per heavy atom. The maximum Gasteiger partial charge on any atom is 0.307 e. The lowest BCUT2D eigenvalue weighted by Crippen LogP contribution is -1.99. The van der Waals surface area contributed by atoms with E-state index in [0.29, 0.717) is 16.7 Å². The van der Waals surface area contributed by atoms with Crippen molar-refractivity contribution in [3.8, 4) is 0 Å². The quantitative estimate of drug-likeness (QED) is 0.797. The number of carboxylic acid groups (broad SMARTS) is 1. The Hall–Kier alpha value is -0.800. The Kier molecular flexibility index (Phi) is 2.37. The first kappa shape index (κ1) is 9.74. The Bertz CT molecular complexity index is 394. The summed E-state index contributed by atoms with van der Waals surface area (Å²) in [6.45, 7) is 0. The van der Waals surface area contributed by atoms with Crippen LogP contribution in [0.1, 0.15) is 17.9 Å². The number of hydrogen-bond donors (Lipinski definition) is 1. The molecule has 1 N–H and O–H groups in total. The van der Waals surface area contributed by atoms with Gasteiger partial charge in [0.25, 0.3) is 0 Å². The molecular formula is C9H7Cl2NO2. The van der Waals surface area contributed by atoms with Crippen LogP contribution in [-0.4, -0.2) is 16.1 Å². The summed E-state index contributed by atoms with van der Waals surface area (Å²) in [4.78, 5) is 14.5. The van der Waals surface area contributed by atoms with Crippen molar-refractivity contribution in [2.24, 2.45) is 5.92 Å². The van der Waals surface area contributed by atoms with E-state index in [9.17, 15) is 4.79 Å². The predicted molar refractivity (Wildman–Crippen MR) is 52.7 cm³/mol. The summed E-state index contributed by atoms with van der Waals surface area (Å²) in [6.07, 6.45) is 0.637. The molecule has 0 amide bonds. The van der Waals surface area contributed by atoms with Gasteiger partial charge in [-0.3, -0.25) is 4.79 Å². The molecule has 1 aliphatic rings. The van der Waals surface area contributed by atoms with Gasteiger partial charge in [-0.15, -0.1) is 0 Å². The molecule has 1 fully saturated rings. The molecule has 1 saturated carbocycles. The molecule has 0 aromatic carbocycles. The summed E-state index contributed by atoms with van der Waals surface area (Å²) in [7, 11) is 0. The summed E-state index contributed by atoms with van der Waals surface area (Å²) in [6, 6.07) is 3.37. The van der Waals surface area contributed by atoms with E-state index in [1.54, 1.807) is 12.1 Å². The van der Waals surface area contributed by atoms with Gasteiger partial charge in [0, 0.05) is 5.92 Å². The largest absolute Gasteiger partial charge is 0.481 e. The van der Waals surface area contributed by atoms with Crippen molar-refractivity contribution in [2.75, 3.05) is 0 Å². The molecule has 1 aromatic heterocycles. The molecular weight excluding hydrogens is 225 g/mol. The molecule has 5 heteroatoms. The fourth-order valence-electron chi connectivity index (χ4n) is 1.51. The number of pyridine rings is 1. The van der Waals surface area contributed by atoms with Crippen LogP contribution in [0.5, 0.6) is 0 Å². The lowest BCUT2D eigenvalue weighted by atomic mass is 10.1. The zero-order chi connectivity index (χ0) is 10.3. The van der Waals surface area contributed by atoms with Crippen molar-refractivity contribution in [3.63, 3.8) is 0 Å². The van der Waals surface area contributed by atoms with Crippen LogP contribution in [0.2, 0.25) is 10.3 Å². The molecule has 1 aromatic rings.